The van der Waals surface area contributed by atoms with Gasteiger partial charge < -0.3 is 18.9 Å². The Balaban J connectivity index is 1.59. The summed E-state index contributed by atoms with van der Waals surface area (Å²) in [7, 11) is 1.53. The molecule has 2 aliphatic rings. The Bertz CT molecular complexity index is 1330. The van der Waals surface area contributed by atoms with Gasteiger partial charge in [0.05, 0.1) is 19.1 Å². The van der Waals surface area contributed by atoms with Crippen LogP contribution in [0.5, 0.6) is 23.0 Å². The fraction of sp³-hybridized carbons (Fsp3) is 0.154. The molecule has 2 aliphatic heterocycles. The number of fused-ring (bicyclic) bond motifs is 3. The molecule has 3 aromatic rings. The van der Waals surface area contributed by atoms with Gasteiger partial charge in [-0.15, -0.1) is 0 Å². The number of Topliss-reactive ketones (excluding diaryl/α,β-unsaturated/α-hetero) is 1. The fourth-order valence-corrected chi connectivity index (χ4v) is 4.23. The lowest BCUT2D eigenvalue weighted by atomic mass is 9.84. The van der Waals surface area contributed by atoms with Crippen LogP contribution in [0.3, 0.4) is 0 Å². The maximum absolute atomic E-state index is 13.1. The number of carbonyl (C=O) groups excluding carboxylic acids is 2. The molecule has 0 saturated carbocycles. The van der Waals surface area contributed by atoms with E-state index >= 15 is 0 Å². The smallest absolute Gasteiger partial charge is 0.387 e. The zero-order chi connectivity index (χ0) is 23.8. The Labute approximate surface area is 193 Å². The van der Waals surface area contributed by atoms with E-state index in [0.717, 1.165) is 0 Å². The van der Waals surface area contributed by atoms with Gasteiger partial charge in [0.15, 0.2) is 5.76 Å². The third kappa shape index (κ3) is 3.87. The number of rotatable bonds is 5. The summed E-state index contributed by atoms with van der Waals surface area (Å²) in [5, 5.41) is 0. The van der Waals surface area contributed by atoms with E-state index in [2.05, 4.69) is 4.74 Å². The van der Waals surface area contributed by atoms with Crippen molar-refractivity contribution in [1.82, 2.24) is 0 Å². The van der Waals surface area contributed by atoms with E-state index < -0.39 is 18.5 Å². The molecule has 0 fully saturated rings. The SMILES string of the molecule is COc1ccccc1C=C1Oc2c(ccc3c2C(c2cccc(OC(F)F)c2)CC(=O)O3)C1=O. The van der Waals surface area contributed by atoms with E-state index in [0.29, 0.717) is 28.0 Å². The van der Waals surface area contributed by atoms with Crippen molar-refractivity contribution in [1.29, 1.82) is 0 Å². The van der Waals surface area contributed by atoms with Crippen molar-refractivity contribution in [2.75, 3.05) is 7.11 Å². The van der Waals surface area contributed by atoms with Gasteiger partial charge in [-0.25, -0.2) is 0 Å². The predicted molar refractivity (Wildman–Crippen MR) is 118 cm³/mol. The molecule has 1 unspecified atom stereocenters. The number of methoxy groups -OCH3 is 1. The summed E-state index contributed by atoms with van der Waals surface area (Å²) >= 11 is 0. The van der Waals surface area contributed by atoms with Crippen LogP contribution in [0, 0.1) is 0 Å². The maximum atomic E-state index is 13.1. The molecular weight excluding hydrogens is 446 g/mol. The normalized spacial score (nSPS) is 17.8. The number of benzene rings is 3. The lowest BCUT2D eigenvalue weighted by Gasteiger charge is -2.26. The zero-order valence-electron chi connectivity index (χ0n) is 17.9. The second-order valence-electron chi connectivity index (χ2n) is 7.72. The fourth-order valence-electron chi connectivity index (χ4n) is 4.23. The van der Waals surface area contributed by atoms with E-state index in [1.54, 1.807) is 42.5 Å². The number of esters is 1. The Morgan fingerprint density at radius 2 is 1.85 bits per heavy atom. The number of hydrogen-bond acceptors (Lipinski definition) is 6. The molecule has 6 nitrogen and oxygen atoms in total. The number of allylic oxidation sites excluding steroid dienone is 1. The summed E-state index contributed by atoms with van der Waals surface area (Å²) in [6, 6.07) is 16.4. The van der Waals surface area contributed by atoms with Crippen LogP contribution < -0.4 is 18.9 Å². The number of carbonyl (C=O) groups is 2. The van der Waals surface area contributed by atoms with Gasteiger partial charge in [-0.3, -0.25) is 9.59 Å². The molecule has 34 heavy (non-hydrogen) atoms. The average Bonchev–Trinajstić information content (AvgIpc) is 3.13. The molecule has 0 N–H and O–H groups in total. The van der Waals surface area contributed by atoms with Crippen molar-refractivity contribution < 1.29 is 37.3 Å². The lowest BCUT2D eigenvalue weighted by molar-refractivity contribution is -0.135. The van der Waals surface area contributed by atoms with Crippen LogP contribution in [-0.2, 0) is 4.79 Å². The summed E-state index contributed by atoms with van der Waals surface area (Å²) < 4.78 is 46.7. The molecule has 0 spiro atoms. The minimum atomic E-state index is -2.98. The molecule has 0 aromatic heterocycles. The molecule has 0 aliphatic carbocycles. The van der Waals surface area contributed by atoms with Gasteiger partial charge >= 0.3 is 12.6 Å². The molecule has 3 aromatic carbocycles. The molecule has 172 valence electrons. The van der Waals surface area contributed by atoms with Gasteiger partial charge in [0.1, 0.15) is 23.0 Å². The van der Waals surface area contributed by atoms with Crippen LogP contribution in [0.1, 0.15) is 39.4 Å². The molecule has 0 amide bonds. The van der Waals surface area contributed by atoms with E-state index in [1.807, 2.05) is 12.1 Å². The first-order chi connectivity index (χ1) is 16.4. The third-order valence-corrected chi connectivity index (χ3v) is 5.69. The minimum absolute atomic E-state index is 0.0330. The van der Waals surface area contributed by atoms with Crippen LogP contribution in [-0.4, -0.2) is 25.5 Å². The lowest BCUT2D eigenvalue weighted by Crippen LogP contribution is -2.21. The van der Waals surface area contributed by atoms with Crippen molar-refractivity contribution in [3.63, 3.8) is 0 Å². The first-order valence-electron chi connectivity index (χ1n) is 10.4. The summed E-state index contributed by atoms with van der Waals surface area (Å²) in [4.78, 5) is 25.4. The van der Waals surface area contributed by atoms with Gasteiger partial charge in [0, 0.05) is 17.0 Å². The molecule has 0 bridgehead atoms. The van der Waals surface area contributed by atoms with Crippen molar-refractivity contribution in [3.05, 3.63) is 88.7 Å². The number of ether oxygens (including phenoxy) is 4. The molecule has 0 radical (unpaired) electrons. The molecule has 5 rings (SSSR count). The van der Waals surface area contributed by atoms with Crippen LogP contribution in [0.15, 0.2) is 66.4 Å². The van der Waals surface area contributed by atoms with Gasteiger partial charge in [0.2, 0.25) is 5.78 Å². The van der Waals surface area contributed by atoms with Crippen molar-refractivity contribution in [3.8, 4) is 23.0 Å². The van der Waals surface area contributed by atoms with E-state index in [-0.39, 0.29) is 35.2 Å². The highest BCUT2D eigenvalue weighted by molar-refractivity contribution is 6.15. The van der Waals surface area contributed by atoms with Gasteiger partial charge in [-0.2, -0.15) is 8.78 Å². The van der Waals surface area contributed by atoms with Crippen LogP contribution in [0.4, 0.5) is 8.78 Å². The predicted octanol–water partition coefficient (Wildman–Crippen LogP) is 5.35. The first kappa shape index (κ1) is 21.6. The largest absolute Gasteiger partial charge is 0.496 e. The number of halogens is 2. The topological polar surface area (TPSA) is 71.1 Å². The highest BCUT2D eigenvalue weighted by Crippen LogP contribution is 2.49. The Morgan fingerprint density at radius 1 is 1.03 bits per heavy atom. The molecular formula is C26H18F2O6. The summed E-state index contributed by atoms with van der Waals surface area (Å²) in [6.07, 6.45) is 1.54. The van der Waals surface area contributed by atoms with E-state index in [1.165, 1.54) is 19.2 Å². The number of hydrogen-bond donors (Lipinski definition) is 0. The summed E-state index contributed by atoms with van der Waals surface area (Å²) in [5.41, 5.74) is 2.04. The molecule has 1 atom stereocenters. The van der Waals surface area contributed by atoms with E-state index in [4.69, 9.17) is 14.2 Å². The Hall–Kier alpha value is -4.20. The number of para-hydroxylation sites is 1. The monoisotopic (exact) mass is 464 g/mol. The maximum Gasteiger partial charge on any atom is 0.387 e. The van der Waals surface area contributed by atoms with Crippen LogP contribution >= 0.6 is 0 Å². The average molecular weight is 464 g/mol. The highest BCUT2D eigenvalue weighted by atomic mass is 19.3. The van der Waals surface area contributed by atoms with E-state index in [9.17, 15) is 18.4 Å². The quantitative estimate of drug-likeness (QED) is 0.288. The van der Waals surface area contributed by atoms with Gasteiger partial charge in [0.25, 0.3) is 0 Å². The van der Waals surface area contributed by atoms with Crippen LogP contribution in [0.2, 0.25) is 0 Å². The number of alkyl halides is 2. The van der Waals surface area contributed by atoms with Crippen molar-refractivity contribution in [2.24, 2.45) is 0 Å². The minimum Gasteiger partial charge on any atom is -0.496 e. The van der Waals surface area contributed by atoms with Crippen LogP contribution in [0.25, 0.3) is 6.08 Å². The molecule has 8 heteroatoms. The summed E-state index contributed by atoms with van der Waals surface area (Å²) in [5.74, 6) is -0.209. The first-order valence-corrected chi connectivity index (χ1v) is 10.4. The third-order valence-electron chi connectivity index (χ3n) is 5.69. The van der Waals surface area contributed by atoms with Crippen molar-refractivity contribution in [2.45, 2.75) is 19.0 Å². The standard InChI is InChI=1S/C26H18F2O6/c1-31-19-8-3-2-5-15(19)12-21-24(30)17-9-10-20-23(25(17)34-21)18(13-22(29)33-20)14-6-4-7-16(11-14)32-26(27)28/h2-12,18,26H,13H2,1H3. The molecule has 0 saturated heterocycles. The highest BCUT2D eigenvalue weighted by Gasteiger charge is 2.38. The van der Waals surface area contributed by atoms with Gasteiger partial charge in [-0.05, 0) is 42.0 Å². The van der Waals surface area contributed by atoms with Gasteiger partial charge in [-0.1, -0.05) is 30.3 Å². The summed E-state index contributed by atoms with van der Waals surface area (Å²) in [6.45, 7) is -2.98. The van der Waals surface area contributed by atoms with Crippen molar-refractivity contribution >= 4 is 17.8 Å². The Morgan fingerprint density at radius 3 is 2.65 bits per heavy atom. The molecule has 2 heterocycles. The number of ketones is 1. The second kappa shape index (κ2) is 8.62. The second-order valence-corrected chi connectivity index (χ2v) is 7.72. The Kier molecular flexibility index (Phi) is 5.49. The zero-order valence-corrected chi connectivity index (χ0v) is 17.9.